The van der Waals surface area contributed by atoms with Gasteiger partial charge in [-0.05, 0) is 42.9 Å². The Morgan fingerprint density at radius 3 is 2.87 bits per heavy atom. The van der Waals surface area contributed by atoms with E-state index in [9.17, 15) is 13.5 Å². The van der Waals surface area contributed by atoms with Crippen LogP contribution in [0, 0.1) is 0 Å². The lowest BCUT2D eigenvalue weighted by atomic mass is 10.1. The van der Waals surface area contributed by atoms with Crippen molar-refractivity contribution in [2.45, 2.75) is 50.0 Å². The topological polar surface area (TPSA) is 132 Å². The molecule has 2 aliphatic carbocycles. The molecule has 1 fully saturated rings. The summed E-state index contributed by atoms with van der Waals surface area (Å²) in [6.45, 7) is 0. The van der Waals surface area contributed by atoms with Crippen LogP contribution in [0.15, 0.2) is 42.9 Å². The number of nitrogens with two attached hydrogens (primary N) is 1. The Labute approximate surface area is 174 Å². The van der Waals surface area contributed by atoms with Gasteiger partial charge in [-0.1, -0.05) is 24.3 Å². The van der Waals surface area contributed by atoms with Crippen LogP contribution in [-0.2, 0) is 20.9 Å². The Morgan fingerprint density at radius 1 is 1.20 bits per heavy atom. The SMILES string of the molecule is NS(=O)(=O)O[C@H]1C[C@H](n2ccc3c(N[C@H]4CCc5ccccc54)ncnc32)C[C@@H]1O. The van der Waals surface area contributed by atoms with Crippen molar-refractivity contribution >= 4 is 27.2 Å². The molecule has 4 N–H and O–H groups in total. The molecule has 4 atom stereocenters. The first kappa shape index (κ1) is 19.4. The van der Waals surface area contributed by atoms with E-state index in [1.807, 2.05) is 16.8 Å². The molecular weight excluding hydrogens is 406 g/mol. The van der Waals surface area contributed by atoms with Gasteiger partial charge in [0.15, 0.2) is 0 Å². The molecule has 0 unspecified atom stereocenters. The number of nitrogens with one attached hydrogen (secondary N) is 1. The molecule has 1 aromatic carbocycles. The van der Waals surface area contributed by atoms with E-state index in [2.05, 4.69) is 39.6 Å². The van der Waals surface area contributed by atoms with Crippen LogP contribution >= 0.6 is 0 Å². The fourth-order valence-electron chi connectivity index (χ4n) is 4.71. The average molecular weight is 430 g/mol. The standard InChI is InChI=1S/C20H23N5O4S/c21-30(27,28)29-18-10-13(9-17(18)26)25-8-7-15-19(22-11-23-20(15)25)24-16-6-5-12-3-1-2-4-14(12)16/h1-4,7-8,11,13,16-18,26H,5-6,9-10H2,(H2,21,27,28)(H,22,23,24)/t13-,16+,17+,18+/m1/s1. The predicted octanol–water partition coefficient (Wildman–Crippen LogP) is 1.82. The molecule has 158 valence electrons. The molecule has 0 bridgehead atoms. The van der Waals surface area contributed by atoms with E-state index >= 15 is 0 Å². The maximum atomic E-state index is 11.2. The van der Waals surface area contributed by atoms with Crippen molar-refractivity contribution in [3.63, 3.8) is 0 Å². The molecule has 0 radical (unpaired) electrons. The molecule has 30 heavy (non-hydrogen) atoms. The maximum absolute atomic E-state index is 11.2. The summed E-state index contributed by atoms with van der Waals surface area (Å²) in [7, 11) is -4.12. The van der Waals surface area contributed by atoms with Crippen LogP contribution in [0.5, 0.6) is 0 Å². The average Bonchev–Trinajstić information content (AvgIpc) is 3.39. The van der Waals surface area contributed by atoms with E-state index in [1.165, 1.54) is 17.5 Å². The number of benzene rings is 1. The van der Waals surface area contributed by atoms with Crippen LogP contribution in [0.25, 0.3) is 11.0 Å². The van der Waals surface area contributed by atoms with E-state index in [4.69, 9.17) is 9.32 Å². The van der Waals surface area contributed by atoms with Crippen molar-refractivity contribution in [3.05, 3.63) is 54.0 Å². The Kier molecular flexibility index (Phi) is 4.73. The number of rotatable bonds is 5. The highest BCUT2D eigenvalue weighted by atomic mass is 32.2. The minimum absolute atomic E-state index is 0.154. The molecule has 0 spiro atoms. The van der Waals surface area contributed by atoms with Gasteiger partial charge in [-0.2, -0.15) is 8.42 Å². The number of aliphatic hydroxyl groups is 1. The molecular formula is C20H23N5O4S. The van der Waals surface area contributed by atoms with Crippen molar-refractivity contribution in [1.29, 1.82) is 0 Å². The van der Waals surface area contributed by atoms with E-state index in [-0.39, 0.29) is 12.1 Å². The molecule has 0 saturated heterocycles. The Bertz CT molecular complexity index is 1190. The minimum atomic E-state index is -4.12. The van der Waals surface area contributed by atoms with Crippen LogP contribution in [0.1, 0.15) is 42.5 Å². The first-order chi connectivity index (χ1) is 14.4. The van der Waals surface area contributed by atoms with Crippen LogP contribution in [0.2, 0.25) is 0 Å². The highest BCUT2D eigenvalue weighted by molar-refractivity contribution is 7.84. The number of nitrogens with zero attached hydrogens (tertiary/aromatic N) is 3. The van der Waals surface area contributed by atoms with Crippen LogP contribution in [0.3, 0.4) is 0 Å². The number of fused-ring (bicyclic) bond motifs is 2. The lowest BCUT2D eigenvalue weighted by Crippen LogP contribution is -2.29. The predicted molar refractivity (Wildman–Crippen MR) is 111 cm³/mol. The zero-order valence-corrected chi connectivity index (χ0v) is 17.0. The summed E-state index contributed by atoms with van der Waals surface area (Å²) < 4.78 is 29.3. The molecule has 5 rings (SSSR count). The Balaban J connectivity index is 1.41. The number of aliphatic hydroxyl groups excluding tert-OH is 1. The number of hydrogen-bond acceptors (Lipinski definition) is 7. The summed E-state index contributed by atoms with van der Waals surface area (Å²) in [5, 5.41) is 19.6. The van der Waals surface area contributed by atoms with E-state index < -0.39 is 22.5 Å². The first-order valence-electron chi connectivity index (χ1n) is 9.94. The third-order valence-corrected chi connectivity index (χ3v) is 6.57. The molecule has 2 heterocycles. The zero-order valence-electron chi connectivity index (χ0n) is 16.2. The fraction of sp³-hybridized carbons (Fsp3) is 0.400. The van der Waals surface area contributed by atoms with Gasteiger partial charge < -0.3 is 15.0 Å². The van der Waals surface area contributed by atoms with Crippen molar-refractivity contribution in [2.24, 2.45) is 5.14 Å². The lowest BCUT2D eigenvalue weighted by molar-refractivity contribution is 0.0645. The largest absolute Gasteiger partial charge is 0.390 e. The van der Waals surface area contributed by atoms with Crippen LogP contribution in [0.4, 0.5) is 5.82 Å². The van der Waals surface area contributed by atoms with Gasteiger partial charge in [0.25, 0.3) is 0 Å². The minimum Gasteiger partial charge on any atom is -0.390 e. The second-order valence-electron chi connectivity index (χ2n) is 7.94. The molecule has 10 heteroatoms. The van der Waals surface area contributed by atoms with Gasteiger partial charge in [-0.3, -0.25) is 4.18 Å². The van der Waals surface area contributed by atoms with Crippen LogP contribution < -0.4 is 10.5 Å². The quantitative estimate of drug-likeness (QED) is 0.563. The normalized spacial score (nSPS) is 26.2. The third kappa shape index (κ3) is 3.56. The Hall–Kier alpha value is -2.53. The first-order valence-corrected chi connectivity index (χ1v) is 11.4. The van der Waals surface area contributed by atoms with Gasteiger partial charge in [-0.25, -0.2) is 15.1 Å². The van der Waals surface area contributed by atoms with Gasteiger partial charge in [-0.15, -0.1) is 0 Å². The summed E-state index contributed by atoms with van der Waals surface area (Å²) in [5.74, 6) is 0.760. The molecule has 1 saturated carbocycles. The summed E-state index contributed by atoms with van der Waals surface area (Å²) in [5.41, 5.74) is 3.39. The second-order valence-corrected chi connectivity index (χ2v) is 9.12. The third-order valence-electron chi connectivity index (χ3n) is 6.05. The fourth-order valence-corrected chi connectivity index (χ4v) is 5.26. The number of aryl methyl sites for hydroxylation is 1. The van der Waals surface area contributed by atoms with E-state index in [1.54, 1.807) is 0 Å². The summed E-state index contributed by atoms with van der Waals surface area (Å²) in [6, 6.07) is 10.4. The van der Waals surface area contributed by atoms with Crippen molar-refractivity contribution < 1.29 is 17.7 Å². The smallest absolute Gasteiger partial charge is 0.333 e. The lowest BCUT2D eigenvalue weighted by Gasteiger charge is -2.16. The molecule has 9 nitrogen and oxygen atoms in total. The molecule has 2 aromatic heterocycles. The molecule has 2 aliphatic rings. The van der Waals surface area contributed by atoms with Gasteiger partial charge in [0.2, 0.25) is 0 Å². The van der Waals surface area contributed by atoms with Gasteiger partial charge in [0.1, 0.15) is 23.9 Å². The number of anilines is 1. The highest BCUT2D eigenvalue weighted by Crippen LogP contribution is 2.38. The summed E-state index contributed by atoms with van der Waals surface area (Å²) in [4.78, 5) is 8.89. The molecule has 0 aliphatic heterocycles. The zero-order chi connectivity index (χ0) is 20.9. The maximum Gasteiger partial charge on any atom is 0.333 e. The van der Waals surface area contributed by atoms with Gasteiger partial charge in [0.05, 0.1) is 17.5 Å². The Morgan fingerprint density at radius 2 is 2.03 bits per heavy atom. The second kappa shape index (κ2) is 7.31. The van der Waals surface area contributed by atoms with Crippen molar-refractivity contribution in [3.8, 4) is 0 Å². The monoisotopic (exact) mass is 429 g/mol. The number of aromatic nitrogens is 3. The van der Waals surface area contributed by atoms with Crippen molar-refractivity contribution in [1.82, 2.24) is 14.5 Å². The molecule has 0 amide bonds. The highest BCUT2D eigenvalue weighted by Gasteiger charge is 2.37. The van der Waals surface area contributed by atoms with Crippen molar-refractivity contribution in [2.75, 3.05) is 5.32 Å². The number of hydrogen-bond donors (Lipinski definition) is 3. The van der Waals surface area contributed by atoms with Gasteiger partial charge in [0, 0.05) is 12.2 Å². The molecule has 3 aromatic rings. The van der Waals surface area contributed by atoms with Crippen LogP contribution in [-0.4, -0.2) is 40.3 Å². The van der Waals surface area contributed by atoms with E-state index in [0.29, 0.717) is 12.8 Å². The summed E-state index contributed by atoms with van der Waals surface area (Å²) >= 11 is 0. The summed E-state index contributed by atoms with van der Waals surface area (Å²) in [6.07, 6.45) is 4.35. The van der Waals surface area contributed by atoms with E-state index in [0.717, 1.165) is 29.7 Å². The van der Waals surface area contributed by atoms with Gasteiger partial charge >= 0.3 is 10.3 Å².